The predicted octanol–water partition coefficient (Wildman–Crippen LogP) is 2.89. The number of aliphatic hydroxyl groups excluding tert-OH is 1. The van der Waals surface area contributed by atoms with Crippen molar-refractivity contribution in [3.63, 3.8) is 0 Å². The van der Waals surface area contributed by atoms with Gasteiger partial charge in [0.15, 0.2) is 11.0 Å². The molecule has 0 amide bonds. The van der Waals surface area contributed by atoms with Crippen molar-refractivity contribution in [3.8, 4) is 29.0 Å². The normalized spacial score (nSPS) is 11.6. The third-order valence-corrected chi connectivity index (χ3v) is 5.18. The molecule has 2 aromatic carbocycles. The summed E-state index contributed by atoms with van der Waals surface area (Å²) >= 11 is 1.41. The smallest absolute Gasteiger partial charge is 0.191 e. The predicted molar refractivity (Wildman–Crippen MR) is 106 cm³/mol. The third kappa shape index (κ3) is 4.82. The topological polar surface area (TPSA) is 93.2 Å². The van der Waals surface area contributed by atoms with Crippen LogP contribution in [0.15, 0.2) is 53.7 Å². The van der Waals surface area contributed by atoms with Crippen LogP contribution in [0.2, 0.25) is 0 Å². The molecule has 0 bridgehead atoms. The van der Waals surface area contributed by atoms with Crippen molar-refractivity contribution in [1.82, 2.24) is 14.8 Å². The number of hydrogen-bond donors (Lipinski definition) is 1. The first kappa shape index (κ1) is 19.7. The summed E-state index contributed by atoms with van der Waals surface area (Å²) in [6.07, 6.45) is -0.665. The highest BCUT2D eigenvalue weighted by Crippen LogP contribution is 2.25. The fourth-order valence-corrected chi connectivity index (χ4v) is 3.29. The molecule has 1 aromatic heterocycles. The van der Waals surface area contributed by atoms with Gasteiger partial charge < -0.3 is 19.1 Å². The van der Waals surface area contributed by atoms with Crippen molar-refractivity contribution in [1.29, 1.82) is 5.26 Å². The molecule has 3 rings (SSSR count). The second kappa shape index (κ2) is 9.26. The van der Waals surface area contributed by atoms with Crippen LogP contribution in [-0.4, -0.2) is 45.4 Å². The Balaban J connectivity index is 1.53. The summed E-state index contributed by atoms with van der Waals surface area (Å²) in [7, 11) is 3.52. The Morgan fingerprint density at radius 1 is 1.11 bits per heavy atom. The maximum absolute atomic E-state index is 10.2. The molecule has 1 heterocycles. The van der Waals surface area contributed by atoms with E-state index in [9.17, 15) is 5.11 Å². The molecule has 8 heteroatoms. The molecule has 0 saturated heterocycles. The number of ether oxygens (including phenoxy) is 2. The molecule has 1 unspecified atom stereocenters. The Bertz CT molecular complexity index is 949. The number of methoxy groups -OCH3 is 1. The molecule has 0 aliphatic heterocycles. The number of aliphatic hydroxyl groups is 1. The maximum atomic E-state index is 10.2. The zero-order valence-corrected chi connectivity index (χ0v) is 16.4. The molecule has 0 aliphatic rings. The monoisotopic (exact) mass is 396 g/mol. The summed E-state index contributed by atoms with van der Waals surface area (Å²) in [5.74, 6) is 2.56. The van der Waals surface area contributed by atoms with Crippen molar-refractivity contribution in [3.05, 3.63) is 54.1 Å². The lowest BCUT2D eigenvalue weighted by Crippen LogP contribution is -2.20. The lowest BCUT2D eigenvalue weighted by Gasteiger charge is -2.12. The Kier molecular flexibility index (Phi) is 6.53. The number of nitriles is 1. The van der Waals surface area contributed by atoms with E-state index in [0.717, 1.165) is 17.1 Å². The highest BCUT2D eigenvalue weighted by Gasteiger charge is 2.14. The highest BCUT2D eigenvalue weighted by molar-refractivity contribution is 7.99. The van der Waals surface area contributed by atoms with E-state index in [2.05, 4.69) is 16.3 Å². The maximum Gasteiger partial charge on any atom is 0.191 e. The van der Waals surface area contributed by atoms with Gasteiger partial charge in [0.25, 0.3) is 0 Å². The number of hydrogen-bond acceptors (Lipinski definition) is 7. The Morgan fingerprint density at radius 3 is 2.43 bits per heavy atom. The van der Waals surface area contributed by atoms with Crippen LogP contribution >= 0.6 is 11.8 Å². The van der Waals surface area contributed by atoms with E-state index in [-0.39, 0.29) is 6.61 Å². The van der Waals surface area contributed by atoms with E-state index in [1.807, 2.05) is 35.9 Å². The largest absolute Gasteiger partial charge is 0.497 e. The minimum atomic E-state index is -0.665. The number of rotatable bonds is 8. The number of aromatic nitrogens is 3. The number of benzene rings is 2. The van der Waals surface area contributed by atoms with Gasteiger partial charge in [0, 0.05) is 18.4 Å². The van der Waals surface area contributed by atoms with Crippen LogP contribution in [0.1, 0.15) is 5.56 Å². The molecule has 0 saturated carbocycles. The van der Waals surface area contributed by atoms with Crippen molar-refractivity contribution < 1.29 is 14.6 Å². The lowest BCUT2D eigenvalue weighted by molar-refractivity contribution is 0.126. The van der Waals surface area contributed by atoms with Crippen molar-refractivity contribution >= 4 is 11.8 Å². The molecule has 144 valence electrons. The Morgan fingerprint density at radius 2 is 1.79 bits per heavy atom. The van der Waals surface area contributed by atoms with Crippen molar-refractivity contribution in [2.45, 2.75) is 11.3 Å². The van der Waals surface area contributed by atoms with E-state index in [0.29, 0.717) is 22.2 Å². The summed E-state index contributed by atoms with van der Waals surface area (Å²) in [5, 5.41) is 28.1. The summed E-state index contributed by atoms with van der Waals surface area (Å²) in [6.45, 7) is 0.155. The van der Waals surface area contributed by atoms with Crippen LogP contribution in [0.25, 0.3) is 11.4 Å². The Labute approximate surface area is 167 Å². The quantitative estimate of drug-likeness (QED) is 0.585. The standard InChI is InChI=1S/C20H20N4O3S/c1-24-19(15-5-9-17(26-2)10-6-15)22-23-20(24)28-13-16(25)12-27-18-7-3-14(11-21)4-8-18/h3-10,16,25H,12-13H2,1-2H3. The summed E-state index contributed by atoms with van der Waals surface area (Å²) in [6, 6.07) is 16.4. The first-order valence-electron chi connectivity index (χ1n) is 8.58. The zero-order valence-electron chi connectivity index (χ0n) is 15.6. The van der Waals surface area contributed by atoms with Gasteiger partial charge in [0.05, 0.1) is 24.8 Å². The van der Waals surface area contributed by atoms with E-state index in [4.69, 9.17) is 14.7 Å². The van der Waals surface area contributed by atoms with Gasteiger partial charge in [0.2, 0.25) is 0 Å². The molecule has 0 aliphatic carbocycles. The first-order valence-corrected chi connectivity index (χ1v) is 9.57. The molecular weight excluding hydrogens is 376 g/mol. The van der Waals surface area contributed by atoms with Crippen LogP contribution in [0.3, 0.4) is 0 Å². The van der Waals surface area contributed by atoms with Crippen molar-refractivity contribution in [2.75, 3.05) is 19.5 Å². The second-order valence-corrected chi connectivity index (χ2v) is 6.99. The molecule has 0 radical (unpaired) electrons. The van der Waals surface area contributed by atoms with E-state index in [1.165, 1.54) is 11.8 Å². The van der Waals surface area contributed by atoms with E-state index < -0.39 is 6.10 Å². The average molecular weight is 396 g/mol. The molecule has 0 fully saturated rings. The van der Waals surface area contributed by atoms with Gasteiger partial charge in [-0.25, -0.2) is 0 Å². The van der Waals surface area contributed by atoms with Crippen LogP contribution < -0.4 is 9.47 Å². The molecule has 0 spiro atoms. The SMILES string of the molecule is COc1ccc(-c2nnc(SCC(O)COc3ccc(C#N)cc3)n2C)cc1. The van der Waals surface area contributed by atoms with E-state index in [1.54, 1.807) is 31.4 Å². The van der Waals surface area contributed by atoms with Crippen LogP contribution in [-0.2, 0) is 7.05 Å². The minimum Gasteiger partial charge on any atom is -0.497 e. The van der Waals surface area contributed by atoms with Gasteiger partial charge in [-0.05, 0) is 48.5 Å². The highest BCUT2D eigenvalue weighted by atomic mass is 32.2. The first-order chi connectivity index (χ1) is 13.6. The molecule has 1 atom stereocenters. The molecule has 3 aromatic rings. The fraction of sp³-hybridized carbons (Fsp3) is 0.250. The zero-order chi connectivity index (χ0) is 19.9. The van der Waals surface area contributed by atoms with Gasteiger partial charge >= 0.3 is 0 Å². The van der Waals surface area contributed by atoms with Crippen LogP contribution in [0.5, 0.6) is 11.5 Å². The van der Waals surface area contributed by atoms with Crippen LogP contribution in [0, 0.1) is 11.3 Å². The molecule has 7 nitrogen and oxygen atoms in total. The van der Waals surface area contributed by atoms with Gasteiger partial charge in [-0.3, -0.25) is 0 Å². The molecule has 1 N–H and O–H groups in total. The lowest BCUT2D eigenvalue weighted by atomic mass is 10.2. The molecule has 28 heavy (non-hydrogen) atoms. The average Bonchev–Trinajstić information content (AvgIpc) is 3.11. The van der Waals surface area contributed by atoms with Gasteiger partial charge in [-0.1, -0.05) is 11.8 Å². The molecular formula is C20H20N4O3S. The van der Waals surface area contributed by atoms with Gasteiger partial charge in [-0.2, -0.15) is 5.26 Å². The van der Waals surface area contributed by atoms with E-state index >= 15 is 0 Å². The van der Waals surface area contributed by atoms with Gasteiger partial charge in [0.1, 0.15) is 18.1 Å². The number of nitrogens with zero attached hydrogens (tertiary/aromatic N) is 4. The minimum absolute atomic E-state index is 0.155. The third-order valence-electron chi connectivity index (χ3n) is 4.01. The number of thioether (sulfide) groups is 1. The summed E-state index contributed by atoms with van der Waals surface area (Å²) < 4.78 is 12.6. The summed E-state index contributed by atoms with van der Waals surface area (Å²) in [5.41, 5.74) is 1.51. The second-order valence-electron chi connectivity index (χ2n) is 6.01. The fourth-order valence-electron chi connectivity index (χ4n) is 2.47. The van der Waals surface area contributed by atoms with Crippen LogP contribution in [0.4, 0.5) is 0 Å². The van der Waals surface area contributed by atoms with Crippen molar-refractivity contribution in [2.24, 2.45) is 7.05 Å². The van der Waals surface area contributed by atoms with Gasteiger partial charge in [-0.15, -0.1) is 10.2 Å². The Hall–Kier alpha value is -3.02. The summed E-state index contributed by atoms with van der Waals surface area (Å²) in [4.78, 5) is 0.